The van der Waals surface area contributed by atoms with Crippen molar-refractivity contribution < 1.29 is 18.9 Å². The third-order valence-corrected chi connectivity index (χ3v) is 1.69. The molecule has 0 heterocycles. The molecule has 0 aromatic carbocycles. The van der Waals surface area contributed by atoms with Crippen molar-refractivity contribution in [3.05, 3.63) is 0 Å². The van der Waals surface area contributed by atoms with Crippen molar-refractivity contribution in [2.24, 2.45) is 0 Å². The van der Waals surface area contributed by atoms with Gasteiger partial charge in [-0.3, -0.25) is 0 Å². The maximum atomic E-state index is 5.25. The van der Waals surface area contributed by atoms with Crippen LogP contribution in [-0.2, 0) is 18.9 Å². The van der Waals surface area contributed by atoms with Crippen LogP contribution < -0.4 is 5.32 Å². The Balaban J connectivity index is 3.04. The lowest BCUT2D eigenvalue weighted by molar-refractivity contribution is -0.0991. The number of nitrogens with one attached hydrogen (secondary N) is 1. The fourth-order valence-electron chi connectivity index (χ4n) is 0.871. The molecule has 0 saturated heterocycles. The van der Waals surface area contributed by atoms with E-state index in [9.17, 15) is 0 Å². The van der Waals surface area contributed by atoms with Gasteiger partial charge in [-0.05, 0) is 0 Å². The standard InChI is InChI=1S/C9H21NO4/c1-11-6-7-14-5-4-10-8-9(12-2)13-3/h9-10H,4-8H2,1-3H3. The van der Waals surface area contributed by atoms with E-state index in [1.54, 1.807) is 21.3 Å². The van der Waals surface area contributed by atoms with Gasteiger partial charge < -0.3 is 24.3 Å². The molecular formula is C9H21NO4. The van der Waals surface area contributed by atoms with Crippen LogP contribution in [0.15, 0.2) is 0 Å². The number of rotatable bonds is 10. The molecule has 5 nitrogen and oxygen atoms in total. The molecule has 0 aliphatic rings. The summed E-state index contributed by atoms with van der Waals surface area (Å²) in [6.45, 7) is 3.39. The van der Waals surface area contributed by atoms with Crippen molar-refractivity contribution in [3.8, 4) is 0 Å². The molecular weight excluding hydrogens is 186 g/mol. The van der Waals surface area contributed by atoms with E-state index in [1.807, 2.05) is 0 Å². The van der Waals surface area contributed by atoms with Crippen molar-refractivity contribution in [2.45, 2.75) is 6.29 Å². The van der Waals surface area contributed by atoms with Gasteiger partial charge in [-0.2, -0.15) is 0 Å². The van der Waals surface area contributed by atoms with Gasteiger partial charge >= 0.3 is 0 Å². The van der Waals surface area contributed by atoms with Crippen LogP contribution in [-0.4, -0.2) is 60.5 Å². The first-order chi connectivity index (χ1) is 6.85. The van der Waals surface area contributed by atoms with Gasteiger partial charge in [-0.25, -0.2) is 0 Å². The van der Waals surface area contributed by atoms with Gasteiger partial charge in [0, 0.05) is 34.4 Å². The molecule has 0 aliphatic heterocycles. The highest BCUT2D eigenvalue weighted by Crippen LogP contribution is 1.86. The van der Waals surface area contributed by atoms with Crippen molar-refractivity contribution in [3.63, 3.8) is 0 Å². The maximum absolute atomic E-state index is 5.25. The van der Waals surface area contributed by atoms with Crippen LogP contribution >= 0.6 is 0 Å². The highest BCUT2D eigenvalue weighted by Gasteiger charge is 2.02. The van der Waals surface area contributed by atoms with E-state index in [0.717, 1.165) is 6.54 Å². The minimum atomic E-state index is -0.186. The van der Waals surface area contributed by atoms with Gasteiger partial charge in [0.2, 0.25) is 0 Å². The number of methoxy groups -OCH3 is 3. The van der Waals surface area contributed by atoms with Crippen LogP contribution in [0, 0.1) is 0 Å². The van der Waals surface area contributed by atoms with Gasteiger partial charge in [0.05, 0.1) is 19.8 Å². The van der Waals surface area contributed by atoms with E-state index in [0.29, 0.717) is 26.4 Å². The third kappa shape index (κ3) is 8.40. The highest BCUT2D eigenvalue weighted by molar-refractivity contribution is 4.49. The predicted octanol–water partition coefficient (Wildman–Crippen LogP) is -0.142. The van der Waals surface area contributed by atoms with E-state index in [-0.39, 0.29) is 6.29 Å². The molecule has 1 N–H and O–H groups in total. The molecule has 14 heavy (non-hydrogen) atoms. The van der Waals surface area contributed by atoms with Gasteiger partial charge in [0.15, 0.2) is 6.29 Å². The molecule has 0 fully saturated rings. The van der Waals surface area contributed by atoms with E-state index in [2.05, 4.69) is 5.32 Å². The maximum Gasteiger partial charge on any atom is 0.169 e. The second-order valence-corrected chi connectivity index (χ2v) is 2.71. The second kappa shape index (κ2) is 10.9. The van der Waals surface area contributed by atoms with Crippen LogP contribution in [0.1, 0.15) is 0 Å². The van der Waals surface area contributed by atoms with Crippen molar-refractivity contribution in [1.29, 1.82) is 0 Å². The van der Waals surface area contributed by atoms with Gasteiger partial charge in [-0.1, -0.05) is 0 Å². The predicted molar refractivity (Wildman–Crippen MR) is 53.4 cm³/mol. The minimum Gasteiger partial charge on any atom is -0.382 e. The zero-order valence-corrected chi connectivity index (χ0v) is 9.25. The van der Waals surface area contributed by atoms with Crippen LogP contribution in [0.3, 0.4) is 0 Å². The molecule has 0 radical (unpaired) electrons. The lowest BCUT2D eigenvalue weighted by Gasteiger charge is -2.13. The Hall–Kier alpha value is -0.200. The second-order valence-electron chi connectivity index (χ2n) is 2.71. The summed E-state index contributed by atoms with van der Waals surface area (Å²) in [7, 11) is 4.89. The highest BCUT2D eigenvalue weighted by atomic mass is 16.7. The topological polar surface area (TPSA) is 49.0 Å². The van der Waals surface area contributed by atoms with Gasteiger partial charge in [0.1, 0.15) is 0 Å². The molecule has 5 heteroatoms. The number of hydrogen-bond donors (Lipinski definition) is 1. The van der Waals surface area contributed by atoms with Gasteiger partial charge in [0.25, 0.3) is 0 Å². The summed E-state index contributed by atoms with van der Waals surface area (Å²) >= 11 is 0. The average molecular weight is 207 g/mol. The Kier molecular flexibility index (Phi) is 10.7. The van der Waals surface area contributed by atoms with E-state index in [4.69, 9.17) is 18.9 Å². The lowest BCUT2D eigenvalue weighted by Crippen LogP contribution is -2.32. The fraction of sp³-hybridized carbons (Fsp3) is 1.00. The zero-order chi connectivity index (χ0) is 10.6. The Morgan fingerprint density at radius 2 is 1.71 bits per heavy atom. The Morgan fingerprint density at radius 3 is 2.29 bits per heavy atom. The zero-order valence-electron chi connectivity index (χ0n) is 9.25. The summed E-state index contributed by atoms with van der Waals surface area (Å²) in [4.78, 5) is 0. The summed E-state index contributed by atoms with van der Waals surface area (Å²) in [5, 5.41) is 3.15. The van der Waals surface area contributed by atoms with E-state index >= 15 is 0 Å². The molecule has 0 aliphatic carbocycles. The first kappa shape index (κ1) is 13.8. The van der Waals surface area contributed by atoms with E-state index in [1.165, 1.54) is 0 Å². The number of hydrogen-bond acceptors (Lipinski definition) is 5. The Morgan fingerprint density at radius 1 is 1.00 bits per heavy atom. The first-order valence-corrected chi connectivity index (χ1v) is 4.68. The van der Waals surface area contributed by atoms with Crippen LogP contribution in [0.5, 0.6) is 0 Å². The monoisotopic (exact) mass is 207 g/mol. The Bertz CT molecular complexity index is 109. The third-order valence-electron chi connectivity index (χ3n) is 1.69. The molecule has 0 saturated carbocycles. The molecule has 0 aromatic heterocycles. The molecule has 0 amide bonds. The molecule has 0 bridgehead atoms. The quantitative estimate of drug-likeness (QED) is 0.399. The molecule has 0 spiro atoms. The molecule has 0 unspecified atom stereocenters. The summed E-state index contributed by atoms with van der Waals surface area (Å²) in [6, 6.07) is 0. The van der Waals surface area contributed by atoms with Crippen LogP contribution in [0.25, 0.3) is 0 Å². The molecule has 0 atom stereocenters. The van der Waals surface area contributed by atoms with E-state index < -0.39 is 0 Å². The largest absolute Gasteiger partial charge is 0.382 e. The first-order valence-electron chi connectivity index (χ1n) is 4.68. The van der Waals surface area contributed by atoms with Crippen LogP contribution in [0.4, 0.5) is 0 Å². The summed E-state index contributed by atoms with van der Waals surface area (Å²) in [5.74, 6) is 0. The molecule has 0 rings (SSSR count). The summed E-state index contributed by atoms with van der Waals surface area (Å²) in [6.07, 6.45) is -0.186. The van der Waals surface area contributed by atoms with Crippen molar-refractivity contribution in [2.75, 3.05) is 54.2 Å². The SMILES string of the molecule is COCCOCCNCC(OC)OC. The summed E-state index contributed by atoms with van der Waals surface area (Å²) in [5.41, 5.74) is 0. The van der Waals surface area contributed by atoms with Gasteiger partial charge in [-0.15, -0.1) is 0 Å². The lowest BCUT2D eigenvalue weighted by atomic mass is 10.5. The van der Waals surface area contributed by atoms with Crippen molar-refractivity contribution in [1.82, 2.24) is 5.32 Å². The fourth-order valence-corrected chi connectivity index (χ4v) is 0.871. The molecule has 86 valence electrons. The Labute approximate surface area is 85.7 Å². The minimum absolute atomic E-state index is 0.186. The number of ether oxygens (including phenoxy) is 4. The normalized spacial score (nSPS) is 11.1. The average Bonchev–Trinajstić information content (AvgIpc) is 2.22. The molecule has 0 aromatic rings. The van der Waals surface area contributed by atoms with Crippen LogP contribution in [0.2, 0.25) is 0 Å². The van der Waals surface area contributed by atoms with Crippen molar-refractivity contribution >= 4 is 0 Å². The summed E-state index contributed by atoms with van der Waals surface area (Å²) < 4.78 is 20.1. The smallest absolute Gasteiger partial charge is 0.169 e.